The second kappa shape index (κ2) is 7.01. The van der Waals surface area contributed by atoms with Gasteiger partial charge in [0.05, 0.1) is 5.69 Å². The van der Waals surface area contributed by atoms with Crippen LogP contribution in [0.1, 0.15) is 51.1 Å². The maximum Gasteiger partial charge on any atom is 0.226 e. The average Bonchev–Trinajstić information content (AvgIpc) is 2.86. The number of nitrogens with zero attached hydrogens (tertiary/aromatic N) is 1. The lowest BCUT2D eigenvalue weighted by atomic mass is 9.93. The van der Waals surface area contributed by atoms with Crippen molar-refractivity contribution in [3.63, 3.8) is 0 Å². The molecule has 106 valence electrons. The van der Waals surface area contributed by atoms with E-state index < -0.39 is 0 Å². The monoisotopic (exact) mass is 281 g/mol. The van der Waals surface area contributed by atoms with E-state index in [1.54, 1.807) is 0 Å². The van der Waals surface area contributed by atoms with Gasteiger partial charge in [-0.25, -0.2) is 4.98 Å². The van der Waals surface area contributed by atoms with Crippen LogP contribution in [-0.4, -0.2) is 24.0 Å². The zero-order chi connectivity index (χ0) is 13.7. The SMILES string of the molecule is CC(C)c1csc(NC(=O)CCC2CCNCC2)n1. The summed E-state index contributed by atoms with van der Waals surface area (Å²) in [6.07, 6.45) is 4.00. The average molecular weight is 281 g/mol. The minimum atomic E-state index is 0.100. The Morgan fingerprint density at radius 2 is 2.26 bits per heavy atom. The van der Waals surface area contributed by atoms with Crippen LogP contribution < -0.4 is 10.6 Å². The van der Waals surface area contributed by atoms with E-state index in [1.807, 2.05) is 5.38 Å². The third kappa shape index (κ3) is 4.58. The highest BCUT2D eigenvalue weighted by molar-refractivity contribution is 7.13. The van der Waals surface area contributed by atoms with Crippen molar-refractivity contribution in [3.8, 4) is 0 Å². The molecule has 19 heavy (non-hydrogen) atoms. The summed E-state index contributed by atoms with van der Waals surface area (Å²) in [5.74, 6) is 1.22. The molecule has 0 bridgehead atoms. The van der Waals surface area contributed by atoms with Crippen molar-refractivity contribution in [1.82, 2.24) is 10.3 Å². The Morgan fingerprint density at radius 1 is 1.53 bits per heavy atom. The number of hydrogen-bond donors (Lipinski definition) is 2. The van der Waals surface area contributed by atoms with E-state index in [0.717, 1.165) is 30.3 Å². The molecular formula is C14H23N3OS. The smallest absolute Gasteiger partial charge is 0.226 e. The predicted molar refractivity (Wildman–Crippen MR) is 79.7 cm³/mol. The van der Waals surface area contributed by atoms with Crippen molar-refractivity contribution in [2.45, 2.75) is 45.4 Å². The molecule has 0 saturated carbocycles. The first-order valence-corrected chi connectivity index (χ1v) is 7.99. The summed E-state index contributed by atoms with van der Waals surface area (Å²) in [7, 11) is 0. The number of nitrogens with one attached hydrogen (secondary N) is 2. The highest BCUT2D eigenvalue weighted by Gasteiger charge is 2.15. The molecule has 1 aromatic rings. The molecule has 0 spiro atoms. The van der Waals surface area contributed by atoms with E-state index in [9.17, 15) is 4.79 Å². The van der Waals surface area contributed by atoms with Crippen molar-refractivity contribution in [1.29, 1.82) is 0 Å². The first kappa shape index (κ1) is 14.5. The maximum absolute atomic E-state index is 11.9. The molecule has 0 radical (unpaired) electrons. The van der Waals surface area contributed by atoms with Crippen LogP contribution in [0.5, 0.6) is 0 Å². The van der Waals surface area contributed by atoms with E-state index in [1.165, 1.54) is 24.2 Å². The van der Waals surface area contributed by atoms with Crippen molar-refractivity contribution < 1.29 is 4.79 Å². The van der Waals surface area contributed by atoms with Gasteiger partial charge in [-0.3, -0.25) is 4.79 Å². The number of carbonyl (C=O) groups is 1. The lowest BCUT2D eigenvalue weighted by molar-refractivity contribution is -0.116. The number of thiazole rings is 1. The number of amides is 1. The van der Waals surface area contributed by atoms with E-state index >= 15 is 0 Å². The lowest BCUT2D eigenvalue weighted by Crippen LogP contribution is -2.28. The Hall–Kier alpha value is -0.940. The number of piperidine rings is 1. The molecule has 2 N–H and O–H groups in total. The second-order valence-electron chi connectivity index (χ2n) is 5.51. The molecule has 1 aromatic heterocycles. The van der Waals surface area contributed by atoms with E-state index in [-0.39, 0.29) is 5.91 Å². The first-order valence-electron chi connectivity index (χ1n) is 7.11. The Kier molecular flexibility index (Phi) is 5.34. The first-order chi connectivity index (χ1) is 9.15. The van der Waals surface area contributed by atoms with Crippen LogP contribution in [-0.2, 0) is 4.79 Å². The second-order valence-corrected chi connectivity index (χ2v) is 6.37. The van der Waals surface area contributed by atoms with Crippen LogP contribution >= 0.6 is 11.3 Å². The van der Waals surface area contributed by atoms with Crippen molar-refractivity contribution in [2.24, 2.45) is 5.92 Å². The van der Waals surface area contributed by atoms with E-state index in [0.29, 0.717) is 18.3 Å². The third-order valence-corrected chi connectivity index (χ3v) is 4.37. The molecule has 2 heterocycles. The minimum absolute atomic E-state index is 0.100. The standard InChI is InChI=1S/C14H23N3OS/c1-10(2)12-9-19-14(16-12)17-13(18)4-3-11-5-7-15-8-6-11/h9-11,15H,3-8H2,1-2H3,(H,16,17,18). The van der Waals surface area contributed by atoms with Gasteiger partial charge >= 0.3 is 0 Å². The molecule has 1 saturated heterocycles. The van der Waals surface area contributed by atoms with Gasteiger partial charge in [0.25, 0.3) is 0 Å². The Balaban J connectivity index is 1.73. The normalized spacial score (nSPS) is 16.8. The van der Waals surface area contributed by atoms with Crippen LogP contribution in [0.25, 0.3) is 0 Å². The molecule has 0 aromatic carbocycles. The molecule has 2 rings (SSSR count). The fraction of sp³-hybridized carbons (Fsp3) is 0.714. The summed E-state index contributed by atoms with van der Waals surface area (Å²) in [6.45, 7) is 6.41. The molecule has 1 fully saturated rings. The van der Waals surface area contributed by atoms with Gasteiger partial charge in [0, 0.05) is 11.8 Å². The van der Waals surface area contributed by atoms with Gasteiger partial charge in [0.1, 0.15) is 0 Å². The molecule has 1 aliphatic heterocycles. The fourth-order valence-electron chi connectivity index (χ4n) is 2.30. The van der Waals surface area contributed by atoms with Gasteiger partial charge in [-0.2, -0.15) is 0 Å². The van der Waals surface area contributed by atoms with Gasteiger partial charge in [-0.05, 0) is 44.2 Å². The molecule has 5 heteroatoms. The number of carbonyl (C=O) groups excluding carboxylic acids is 1. The van der Waals surface area contributed by atoms with Gasteiger partial charge < -0.3 is 10.6 Å². The molecule has 0 unspecified atom stereocenters. The number of hydrogen-bond acceptors (Lipinski definition) is 4. The van der Waals surface area contributed by atoms with Crippen LogP contribution in [0, 0.1) is 5.92 Å². The van der Waals surface area contributed by atoms with Crippen LogP contribution in [0.15, 0.2) is 5.38 Å². The van der Waals surface area contributed by atoms with Crippen molar-refractivity contribution in [3.05, 3.63) is 11.1 Å². The molecular weight excluding hydrogens is 258 g/mol. The maximum atomic E-state index is 11.9. The Labute approximate surface area is 119 Å². The number of aromatic nitrogens is 1. The van der Waals surface area contributed by atoms with Gasteiger partial charge in [0.2, 0.25) is 5.91 Å². The molecule has 0 aliphatic carbocycles. The van der Waals surface area contributed by atoms with E-state index in [2.05, 4.69) is 29.5 Å². The fourth-order valence-corrected chi connectivity index (χ4v) is 3.18. The highest BCUT2D eigenvalue weighted by atomic mass is 32.1. The molecule has 0 atom stereocenters. The summed E-state index contributed by atoms with van der Waals surface area (Å²) in [4.78, 5) is 16.3. The van der Waals surface area contributed by atoms with Crippen LogP contribution in [0.2, 0.25) is 0 Å². The molecule has 1 aliphatic rings. The highest BCUT2D eigenvalue weighted by Crippen LogP contribution is 2.22. The summed E-state index contributed by atoms with van der Waals surface area (Å²) in [6, 6.07) is 0. The largest absolute Gasteiger partial charge is 0.317 e. The Morgan fingerprint density at radius 3 is 2.89 bits per heavy atom. The Bertz CT molecular complexity index is 411. The van der Waals surface area contributed by atoms with Crippen LogP contribution in [0.3, 0.4) is 0 Å². The predicted octanol–water partition coefficient (Wildman–Crippen LogP) is 2.98. The van der Waals surface area contributed by atoms with Gasteiger partial charge in [0.15, 0.2) is 5.13 Å². The lowest BCUT2D eigenvalue weighted by Gasteiger charge is -2.21. The molecule has 4 nitrogen and oxygen atoms in total. The van der Waals surface area contributed by atoms with Gasteiger partial charge in [-0.1, -0.05) is 13.8 Å². The molecule has 1 amide bonds. The summed E-state index contributed by atoms with van der Waals surface area (Å²) in [5, 5.41) is 9.01. The quantitative estimate of drug-likeness (QED) is 0.872. The number of rotatable bonds is 5. The zero-order valence-corrected chi connectivity index (χ0v) is 12.6. The zero-order valence-electron chi connectivity index (χ0n) is 11.7. The summed E-state index contributed by atoms with van der Waals surface area (Å²) >= 11 is 1.51. The van der Waals surface area contributed by atoms with E-state index in [4.69, 9.17) is 0 Å². The third-order valence-electron chi connectivity index (χ3n) is 3.60. The van der Waals surface area contributed by atoms with Gasteiger partial charge in [-0.15, -0.1) is 11.3 Å². The topological polar surface area (TPSA) is 54.0 Å². The number of anilines is 1. The van der Waals surface area contributed by atoms with Crippen molar-refractivity contribution in [2.75, 3.05) is 18.4 Å². The summed E-state index contributed by atoms with van der Waals surface area (Å²) < 4.78 is 0. The van der Waals surface area contributed by atoms with Crippen molar-refractivity contribution >= 4 is 22.4 Å². The minimum Gasteiger partial charge on any atom is -0.317 e. The summed E-state index contributed by atoms with van der Waals surface area (Å²) in [5.41, 5.74) is 1.05. The van der Waals surface area contributed by atoms with Crippen LogP contribution in [0.4, 0.5) is 5.13 Å².